The molecule has 0 unspecified atom stereocenters. The molecule has 0 saturated carbocycles. The number of urea groups is 1. The van der Waals surface area contributed by atoms with Crippen molar-refractivity contribution in [3.63, 3.8) is 0 Å². The molecule has 0 bridgehead atoms. The molecule has 0 spiro atoms. The largest absolute Gasteiger partial charge is 0.573 e. The number of para-hydroxylation sites is 2. The zero-order valence-electron chi connectivity index (χ0n) is 17.8. The maximum Gasteiger partial charge on any atom is 0.573 e. The Hall–Kier alpha value is -3.50. The average Bonchev–Trinajstić information content (AvgIpc) is 2.73. The predicted octanol–water partition coefficient (Wildman–Crippen LogP) is 6.95. The Labute approximate surface area is 206 Å². The third-order valence-electron chi connectivity index (χ3n) is 4.42. The van der Waals surface area contributed by atoms with Crippen LogP contribution >= 0.6 is 23.2 Å². The summed E-state index contributed by atoms with van der Waals surface area (Å²) in [6.45, 7) is 0.926. The molecule has 0 heterocycles. The van der Waals surface area contributed by atoms with Gasteiger partial charge in [0, 0.05) is 35.8 Å². The SMILES string of the molecule is CC(=O)Oc1c(F)cccc1CNC(=O)Nc1cc(Cl)c(-c2ccccc2OC(F)(F)F)c(Cl)c1. The third-order valence-corrected chi connectivity index (χ3v) is 5.01. The first-order chi connectivity index (χ1) is 16.4. The number of benzene rings is 3. The Balaban J connectivity index is 1.77. The molecule has 0 aliphatic rings. The molecule has 2 N–H and O–H groups in total. The average molecular weight is 531 g/mol. The van der Waals surface area contributed by atoms with Crippen molar-refractivity contribution in [2.75, 3.05) is 5.32 Å². The fourth-order valence-electron chi connectivity index (χ4n) is 3.09. The van der Waals surface area contributed by atoms with E-state index in [1.165, 1.54) is 42.5 Å². The van der Waals surface area contributed by atoms with Gasteiger partial charge in [0.15, 0.2) is 11.6 Å². The Kier molecular flexibility index (Phi) is 8.08. The lowest BCUT2D eigenvalue weighted by molar-refractivity contribution is -0.274. The monoisotopic (exact) mass is 530 g/mol. The van der Waals surface area contributed by atoms with E-state index in [-0.39, 0.29) is 44.7 Å². The topological polar surface area (TPSA) is 76.7 Å². The molecule has 0 radical (unpaired) electrons. The summed E-state index contributed by atoms with van der Waals surface area (Å²) in [6, 6.07) is 11.1. The summed E-state index contributed by atoms with van der Waals surface area (Å²) in [7, 11) is 0. The number of halogens is 6. The van der Waals surface area contributed by atoms with Crippen LogP contribution in [0.1, 0.15) is 12.5 Å². The van der Waals surface area contributed by atoms with Gasteiger partial charge in [0.1, 0.15) is 5.75 Å². The van der Waals surface area contributed by atoms with E-state index in [2.05, 4.69) is 15.4 Å². The maximum absolute atomic E-state index is 14.0. The van der Waals surface area contributed by atoms with Crippen LogP contribution in [0.25, 0.3) is 11.1 Å². The zero-order chi connectivity index (χ0) is 25.8. The molecule has 6 nitrogen and oxygen atoms in total. The molecular weight excluding hydrogens is 515 g/mol. The molecule has 12 heteroatoms. The highest BCUT2D eigenvalue weighted by Crippen LogP contribution is 2.42. The van der Waals surface area contributed by atoms with Gasteiger partial charge in [-0.2, -0.15) is 0 Å². The van der Waals surface area contributed by atoms with Crippen LogP contribution in [0.15, 0.2) is 54.6 Å². The van der Waals surface area contributed by atoms with Crippen molar-refractivity contribution >= 4 is 40.9 Å². The fraction of sp³-hybridized carbons (Fsp3) is 0.130. The highest BCUT2D eigenvalue weighted by molar-refractivity contribution is 6.40. The molecule has 2 amide bonds. The number of ether oxygens (including phenoxy) is 2. The normalized spacial score (nSPS) is 11.1. The van der Waals surface area contributed by atoms with E-state index in [0.717, 1.165) is 19.1 Å². The van der Waals surface area contributed by atoms with Crippen molar-refractivity contribution in [1.29, 1.82) is 0 Å². The number of alkyl halides is 3. The standard InChI is InChI=1S/C23H16Cl2F4N2O4/c1-12(32)34-21-13(5-4-7-18(21)26)11-30-22(33)31-14-9-16(24)20(17(25)10-14)15-6-2-3-8-19(15)35-23(27,28)29/h2-10H,11H2,1H3,(H2,30,31,33). The van der Waals surface area contributed by atoms with Gasteiger partial charge < -0.3 is 20.1 Å². The highest BCUT2D eigenvalue weighted by atomic mass is 35.5. The molecular formula is C23H16Cl2F4N2O4. The number of nitrogens with one attached hydrogen (secondary N) is 2. The number of anilines is 1. The molecule has 0 saturated heterocycles. The number of amides is 2. The first-order valence-electron chi connectivity index (χ1n) is 9.79. The molecule has 0 aliphatic carbocycles. The number of rotatable bonds is 6. The van der Waals surface area contributed by atoms with Crippen molar-refractivity contribution < 1.29 is 36.6 Å². The second kappa shape index (κ2) is 10.8. The summed E-state index contributed by atoms with van der Waals surface area (Å²) in [5, 5.41) is 4.84. The van der Waals surface area contributed by atoms with Gasteiger partial charge >= 0.3 is 18.4 Å². The molecule has 3 rings (SSSR count). The third kappa shape index (κ3) is 7.00. The van der Waals surface area contributed by atoms with Gasteiger partial charge in [0.25, 0.3) is 0 Å². The molecule has 0 fully saturated rings. The summed E-state index contributed by atoms with van der Waals surface area (Å²) >= 11 is 12.5. The van der Waals surface area contributed by atoms with Crippen molar-refractivity contribution in [3.8, 4) is 22.6 Å². The first-order valence-corrected chi connectivity index (χ1v) is 10.5. The van der Waals surface area contributed by atoms with Crippen LogP contribution in [0.3, 0.4) is 0 Å². The van der Waals surface area contributed by atoms with E-state index in [1.54, 1.807) is 0 Å². The minimum atomic E-state index is -4.92. The first kappa shape index (κ1) is 26.1. The highest BCUT2D eigenvalue weighted by Gasteiger charge is 2.32. The van der Waals surface area contributed by atoms with E-state index < -0.39 is 29.9 Å². The van der Waals surface area contributed by atoms with Crippen molar-refractivity contribution in [2.24, 2.45) is 0 Å². The van der Waals surface area contributed by atoms with Crippen LogP contribution < -0.4 is 20.1 Å². The van der Waals surface area contributed by atoms with Crippen LogP contribution in [-0.4, -0.2) is 18.4 Å². The van der Waals surface area contributed by atoms with E-state index in [4.69, 9.17) is 27.9 Å². The zero-order valence-corrected chi connectivity index (χ0v) is 19.3. The molecule has 0 aromatic heterocycles. The van der Waals surface area contributed by atoms with E-state index in [9.17, 15) is 27.2 Å². The minimum Gasteiger partial charge on any atom is -0.423 e. The number of esters is 1. The van der Waals surface area contributed by atoms with Crippen LogP contribution in [0.2, 0.25) is 10.0 Å². The predicted molar refractivity (Wildman–Crippen MR) is 122 cm³/mol. The number of hydrogen-bond acceptors (Lipinski definition) is 4. The summed E-state index contributed by atoms with van der Waals surface area (Å²) in [4.78, 5) is 23.5. The van der Waals surface area contributed by atoms with Gasteiger partial charge in [0.05, 0.1) is 10.0 Å². The van der Waals surface area contributed by atoms with Gasteiger partial charge in [-0.1, -0.05) is 53.5 Å². The van der Waals surface area contributed by atoms with Crippen molar-refractivity contribution in [1.82, 2.24) is 5.32 Å². The molecule has 0 atom stereocenters. The van der Waals surface area contributed by atoms with Crippen LogP contribution in [-0.2, 0) is 11.3 Å². The Morgan fingerprint density at radius 2 is 1.66 bits per heavy atom. The lowest BCUT2D eigenvalue weighted by Gasteiger charge is -2.16. The molecule has 184 valence electrons. The van der Waals surface area contributed by atoms with Gasteiger partial charge in [0.2, 0.25) is 0 Å². The van der Waals surface area contributed by atoms with E-state index in [0.29, 0.717) is 0 Å². The summed E-state index contributed by atoms with van der Waals surface area (Å²) in [6.07, 6.45) is -4.92. The van der Waals surface area contributed by atoms with Crippen LogP contribution in [0.4, 0.5) is 28.0 Å². The molecule has 3 aromatic carbocycles. The van der Waals surface area contributed by atoms with E-state index in [1.807, 2.05) is 0 Å². The van der Waals surface area contributed by atoms with Gasteiger partial charge in [-0.05, 0) is 24.3 Å². The minimum absolute atomic E-state index is 0.0000634. The van der Waals surface area contributed by atoms with Crippen molar-refractivity contribution in [3.05, 3.63) is 76.0 Å². The second-order valence-corrected chi connectivity index (χ2v) is 7.80. The Morgan fingerprint density at radius 1 is 1.00 bits per heavy atom. The quantitative estimate of drug-likeness (QED) is 0.205. The number of hydrogen-bond donors (Lipinski definition) is 2. The molecule has 35 heavy (non-hydrogen) atoms. The van der Waals surface area contributed by atoms with E-state index >= 15 is 0 Å². The Bertz CT molecular complexity index is 1250. The van der Waals surface area contributed by atoms with Crippen LogP contribution in [0.5, 0.6) is 11.5 Å². The lowest BCUT2D eigenvalue weighted by Crippen LogP contribution is -2.28. The summed E-state index contributed by atoms with van der Waals surface area (Å²) in [5.41, 5.74) is 0.419. The smallest absolute Gasteiger partial charge is 0.423 e. The lowest BCUT2D eigenvalue weighted by atomic mass is 10.0. The second-order valence-electron chi connectivity index (χ2n) is 6.99. The van der Waals surface area contributed by atoms with Gasteiger partial charge in [-0.3, -0.25) is 4.79 Å². The van der Waals surface area contributed by atoms with Gasteiger partial charge in [-0.15, -0.1) is 13.2 Å². The fourth-order valence-corrected chi connectivity index (χ4v) is 3.78. The molecule has 3 aromatic rings. The summed E-state index contributed by atoms with van der Waals surface area (Å²) < 4.78 is 61.2. The van der Waals surface area contributed by atoms with Crippen LogP contribution in [0, 0.1) is 5.82 Å². The number of carbonyl (C=O) groups is 2. The van der Waals surface area contributed by atoms with Gasteiger partial charge in [-0.25, -0.2) is 9.18 Å². The Morgan fingerprint density at radius 3 is 2.29 bits per heavy atom. The van der Waals surface area contributed by atoms with Crippen molar-refractivity contribution in [2.45, 2.75) is 19.8 Å². The number of carbonyl (C=O) groups excluding carboxylic acids is 2. The summed E-state index contributed by atoms with van der Waals surface area (Å²) in [5.74, 6) is -2.31. The maximum atomic E-state index is 14.0. The molecule has 0 aliphatic heterocycles.